The van der Waals surface area contributed by atoms with Gasteiger partial charge in [-0.2, -0.15) is 8.42 Å². The maximum absolute atomic E-state index is 11.0. The van der Waals surface area contributed by atoms with Gasteiger partial charge in [0.1, 0.15) is 4.91 Å². The first-order valence-corrected chi connectivity index (χ1v) is 4.72. The quantitative estimate of drug-likeness (QED) is 0.472. The number of allylic oxidation sites excluding steroid dienone is 4. The van der Waals surface area contributed by atoms with Crippen molar-refractivity contribution in [1.29, 1.82) is 0 Å². The lowest BCUT2D eigenvalue weighted by Crippen LogP contribution is -2.17. The summed E-state index contributed by atoms with van der Waals surface area (Å²) < 4.78 is 29.6. The molecule has 0 aromatic rings. The second-order valence-corrected chi connectivity index (χ2v) is 3.93. The van der Waals surface area contributed by atoms with Crippen LogP contribution in [0.5, 0.6) is 0 Å². The number of rotatable bonds is 1. The van der Waals surface area contributed by atoms with Gasteiger partial charge in [0.25, 0.3) is 10.1 Å². The summed E-state index contributed by atoms with van der Waals surface area (Å²) in [5.41, 5.74) is 0.150. The van der Waals surface area contributed by atoms with Crippen LogP contribution in [-0.4, -0.2) is 24.5 Å². The average molecular weight is 202 g/mol. The summed E-state index contributed by atoms with van der Waals surface area (Å²) in [6.45, 7) is 1.39. The monoisotopic (exact) mass is 202 g/mol. The zero-order valence-corrected chi connectivity index (χ0v) is 7.46. The summed E-state index contributed by atoms with van der Waals surface area (Å²) in [6.07, 6.45) is 1.50. The lowest BCUT2D eigenvalue weighted by atomic mass is 10.1. The Labute approximate surface area is 74.5 Å². The van der Waals surface area contributed by atoms with Gasteiger partial charge in [0.15, 0.2) is 11.6 Å². The van der Waals surface area contributed by atoms with Gasteiger partial charge in [-0.1, -0.05) is 0 Å². The third kappa shape index (κ3) is 1.90. The number of hydrogen-bond acceptors (Lipinski definition) is 4. The van der Waals surface area contributed by atoms with E-state index in [1.165, 1.54) is 6.92 Å². The van der Waals surface area contributed by atoms with Crippen molar-refractivity contribution >= 4 is 21.7 Å². The van der Waals surface area contributed by atoms with Crippen molar-refractivity contribution in [2.75, 3.05) is 0 Å². The number of carbonyl (C=O) groups excluding carboxylic acids is 2. The summed E-state index contributed by atoms with van der Waals surface area (Å²) in [4.78, 5) is 21.0. The van der Waals surface area contributed by atoms with E-state index >= 15 is 0 Å². The maximum atomic E-state index is 11.0. The minimum absolute atomic E-state index is 0.150. The Morgan fingerprint density at radius 3 is 2.15 bits per heavy atom. The zero-order chi connectivity index (χ0) is 10.2. The van der Waals surface area contributed by atoms with Gasteiger partial charge in [0.2, 0.25) is 0 Å². The van der Waals surface area contributed by atoms with E-state index in [0.717, 1.165) is 6.08 Å². The Morgan fingerprint density at radius 2 is 1.69 bits per heavy atom. The van der Waals surface area contributed by atoms with Crippen molar-refractivity contribution in [1.82, 2.24) is 0 Å². The Hall–Kier alpha value is -1.27. The topological polar surface area (TPSA) is 88.5 Å². The van der Waals surface area contributed by atoms with Gasteiger partial charge in [-0.15, -0.1) is 0 Å². The van der Waals surface area contributed by atoms with Gasteiger partial charge in [0.05, 0.1) is 0 Å². The predicted octanol–water partition coefficient (Wildman–Crippen LogP) is -0.144. The van der Waals surface area contributed by atoms with Crippen molar-refractivity contribution in [3.8, 4) is 0 Å². The number of ketones is 2. The van der Waals surface area contributed by atoms with Crippen LogP contribution in [0.3, 0.4) is 0 Å². The van der Waals surface area contributed by atoms with Crippen LogP contribution in [0.4, 0.5) is 0 Å². The molecule has 6 heteroatoms. The van der Waals surface area contributed by atoms with Crippen LogP contribution in [0.25, 0.3) is 0 Å². The molecule has 0 aliphatic heterocycles. The van der Waals surface area contributed by atoms with Crippen molar-refractivity contribution in [2.45, 2.75) is 6.92 Å². The molecule has 5 nitrogen and oxygen atoms in total. The van der Waals surface area contributed by atoms with Crippen LogP contribution in [-0.2, 0) is 19.7 Å². The highest BCUT2D eigenvalue weighted by molar-refractivity contribution is 7.91. The molecule has 0 fully saturated rings. The fourth-order valence-corrected chi connectivity index (χ4v) is 1.41. The van der Waals surface area contributed by atoms with Gasteiger partial charge in [-0.05, 0) is 13.0 Å². The molecule has 0 radical (unpaired) electrons. The molecule has 0 spiro atoms. The minimum Gasteiger partial charge on any atom is -0.290 e. The van der Waals surface area contributed by atoms with Crippen LogP contribution in [0.1, 0.15) is 6.92 Å². The highest BCUT2D eigenvalue weighted by atomic mass is 32.2. The van der Waals surface area contributed by atoms with Crippen molar-refractivity contribution < 1.29 is 22.6 Å². The summed E-state index contributed by atoms with van der Waals surface area (Å²) in [7, 11) is -4.59. The van der Waals surface area contributed by atoms with E-state index in [1.54, 1.807) is 0 Å². The molecule has 1 N–H and O–H groups in total. The highest BCUT2D eigenvalue weighted by Gasteiger charge is 2.26. The smallest absolute Gasteiger partial charge is 0.290 e. The van der Waals surface area contributed by atoms with Crippen LogP contribution in [0.15, 0.2) is 22.6 Å². The van der Waals surface area contributed by atoms with Crippen LogP contribution in [0, 0.1) is 0 Å². The first-order chi connectivity index (χ1) is 5.82. The van der Waals surface area contributed by atoms with Crippen LogP contribution < -0.4 is 0 Å². The van der Waals surface area contributed by atoms with Crippen LogP contribution in [0.2, 0.25) is 0 Å². The fourth-order valence-electron chi connectivity index (χ4n) is 0.845. The first kappa shape index (κ1) is 9.82. The predicted molar refractivity (Wildman–Crippen MR) is 43.4 cm³/mol. The number of hydrogen-bond donors (Lipinski definition) is 1. The van der Waals surface area contributed by atoms with E-state index in [2.05, 4.69) is 0 Å². The van der Waals surface area contributed by atoms with E-state index in [0.29, 0.717) is 6.08 Å². The molecule has 1 rings (SSSR count). The molecule has 0 aromatic carbocycles. The third-order valence-corrected chi connectivity index (χ3v) is 2.39. The van der Waals surface area contributed by atoms with Gasteiger partial charge in [-0.3, -0.25) is 14.1 Å². The highest BCUT2D eigenvalue weighted by Crippen LogP contribution is 2.15. The molecule has 1 aliphatic carbocycles. The normalized spacial score (nSPS) is 18.3. The Bertz CT molecular complexity index is 438. The largest absolute Gasteiger partial charge is 0.298 e. The molecule has 1 aliphatic rings. The Morgan fingerprint density at radius 1 is 1.15 bits per heavy atom. The van der Waals surface area contributed by atoms with Gasteiger partial charge < -0.3 is 0 Å². The standard InChI is InChI=1S/C7H6O5S/c1-4-2-6(9)7(3-5(4)8)13(10,11)12/h2-3H,1H3,(H,10,11,12). The van der Waals surface area contributed by atoms with E-state index in [9.17, 15) is 18.0 Å². The van der Waals surface area contributed by atoms with Crippen molar-refractivity contribution in [3.05, 3.63) is 22.6 Å². The van der Waals surface area contributed by atoms with E-state index in [1.807, 2.05) is 0 Å². The zero-order valence-electron chi connectivity index (χ0n) is 6.64. The molecule has 0 amide bonds. The van der Waals surface area contributed by atoms with E-state index < -0.39 is 26.6 Å². The van der Waals surface area contributed by atoms with E-state index in [4.69, 9.17) is 4.55 Å². The Kier molecular flexibility index (Phi) is 2.19. The average Bonchev–Trinajstić information content (AvgIpc) is 1.94. The summed E-state index contributed by atoms with van der Waals surface area (Å²) in [5, 5.41) is 0. The van der Waals surface area contributed by atoms with Crippen molar-refractivity contribution in [2.24, 2.45) is 0 Å². The fraction of sp³-hybridized carbons (Fsp3) is 0.143. The molecule has 0 bridgehead atoms. The Balaban J connectivity index is 3.26. The molecule has 0 saturated carbocycles. The molecule has 13 heavy (non-hydrogen) atoms. The molecule has 70 valence electrons. The van der Waals surface area contributed by atoms with Gasteiger partial charge in [-0.25, -0.2) is 0 Å². The molecular weight excluding hydrogens is 196 g/mol. The third-order valence-electron chi connectivity index (χ3n) is 1.52. The summed E-state index contributed by atoms with van der Waals surface area (Å²) in [6, 6.07) is 0. The molecule has 0 unspecified atom stereocenters. The lowest BCUT2D eigenvalue weighted by Gasteiger charge is -2.05. The number of carbonyl (C=O) groups is 2. The molecular formula is C7H6O5S. The maximum Gasteiger partial charge on any atom is 0.298 e. The lowest BCUT2D eigenvalue weighted by molar-refractivity contribution is -0.114. The minimum atomic E-state index is -4.59. The first-order valence-electron chi connectivity index (χ1n) is 3.28. The summed E-state index contributed by atoms with van der Waals surface area (Å²) in [5.74, 6) is -1.47. The van der Waals surface area contributed by atoms with Gasteiger partial charge >= 0.3 is 0 Å². The van der Waals surface area contributed by atoms with Crippen molar-refractivity contribution in [3.63, 3.8) is 0 Å². The second kappa shape index (κ2) is 2.90. The molecule has 0 saturated heterocycles. The SMILES string of the molecule is CC1=CC(=O)C(S(=O)(=O)O)=CC1=O. The molecule has 0 aromatic heterocycles. The van der Waals surface area contributed by atoms with Gasteiger partial charge in [0, 0.05) is 11.6 Å². The molecule has 0 heterocycles. The summed E-state index contributed by atoms with van der Waals surface area (Å²) >= 11 is 0. The van der Waals surface area contributed by atoms with Crippen LogP contribution >= 0.6 is 0 Å². The van der Waals surface area contributed by atoms with E-state index in [-0.39, 0.29) is 5.57 Å². The second-order valence-electron chi connectivity index (χ2n) is 2.54. The molecule has 0 atom stereocenters.